The Morgan fingerprint density at radius 1 is 0.415 bits per heavy atom. The van der Waals surface area contributed by atoms with Gasteiger partial charge in [-0.25, -0.2) is 8.78 Å². The van der Waals surface area contributed by atoms with E-state index in [4.69, 9.17) is 46.9 Å². The van der Waals surface area contributed by atoms with Crippen molar-refractivity contribution in [2.75, 3.05) is 11.1 Å². The summed E-state index contributed by atoms with van der Waals surface area (Å²) in [5, 5.41) is 2.43. The van der Waals surface area contributed by atoms with Crippen LogP contribution in [0.4, 0.5) is 25.8 Å². The van der Waals surface area contributed by atoms with E-state index in [9.17, 15) is 4.39 Å². The van der Waals surface area contributed by atoms with Gasteiger partial charge in [0.05, 0.1) is 52.5 Å². The molecule has 0 fully saturated rings. The van der Waals surface area contributed by atoms with Crippen molar-refractivity contribution in [3.05, 3.63) is 222 Å². The first kappa shape index (κ1) is 14.6. The molecule has 8 aromatic carbocycles. The van der Waals surface area contributed by atoms with Crippen molar-refractivity contribution in [3.63, 3.8) is 0 Å². The fraction of sp³-hybridized carbons (Fsp3) is 0. The molecule has 0 heterocycles. The summed E-state index contributed by atoms with van der Waals surface area (Å²) in [5.74, 6) is -2.26. The van der Waals surface area contributed by atoms with Gasteiger partial charge in [-0.05, 0) is 81.8 Å². The molecule has 0 bridgehead atoms. The van der Waals surface area contributed by atoms with Gasteiger partial charge >= 0.3 is 0 Å². The van der Waals surface area contributed by atoms with Gasteiger partial charge in [0.15, 0.2) is 0 Å². The number of nitrogen functional groups attached to an aromatic ring is 1. The molecule has 0 aromatic heterocycles. The number of rotatable bonds is 6. The lowest BCUT2D eigenvalue weighted by molar-refractivity contribution is 0.632. The van der Waals surface area contributed by atoms with E-state index in [-0.39, 0.29) is 62.5 Å². The number of para-hydroxylation sites is 1. The van der Waals surface area contributed by atoms with Gasteiger partial charge in [0.25, 0.3) is 0 Å². The molecule has 0 radical (unpaired) electrons. The van der Waals surface area contributed by atoms with Crippen LogP contribution >= 0.6 is 15.9 Å². The van der Waals surface area contributed by atoms with E-state index in [0.717, 1.165) is 24.3 Å². The monoisotopic (exact) mass is 788 g/mol. The highest BCUT2D eigenvalue weighted by Crippen LogP contribution is 2.37. The van der Waals surface area contributed by atoms with E-state index in [2.05, 4.69) is 21.2 Å². The summed E-state index contributed by atoms with van der Waals surface area (Å²) in [4.78, 5) is 0. The van der Waals surface area contributed by atoms with Crippen LogP contribution in [0.15, 0.2) is 210 Å². The number of benzene rings is 8. The van der Waals surface area contributed by atoms with Crippen LogP contribution in [-0.4, -0.2) is 0 Å². The van der Waals surface area contributed by atoms with Crippen molar-refractivity contribution in [1.29, 1.82) is 0 Å². The van der Waals surface area contributed by atoms with Crippen molar-refractivity contribution >= 4 is 33.0 Å². The van der Waals surface area contributed by atoms with E-state index >= 15 is 4.39 Å². The molecule has 3 N–H and O–H groups in total. The lowest BCUT2D eigenvalue weighted by Crippen LogP contribution is -1.98. The Balaban J connectivity index is 0.000000229. The topological polar surface area (TPSA) is 38.0 Å². The summed E-state index contributed by atoms with van der Waals surface area (Å²) in [6, 6.07) is -14.7. The Bertz CT molecular complexity index is 3830. The average Bonchev–Trinajstić information content (AvgIpc) is 3.50. The Labute approximate surface area is 360 Å². The van der Waals surface area contributed by atoms with E-state index in [1.165, 1.54) is 0 Å². The quantitative estimate of drug-likeness (QED) is 0.165. The minimum Gasteiger partial charge on any atom is -0.396 e. The van der Waals surface area contributed by atoms with Crippen molar-refractivity contribution in [3.8, 4) is 44.5 Å². The smallest absolute Gasteiger partial charge is 0.147 e. The second-order valence-electron chi connectivity index (χ2n) is 9.86. The summed E-state index contributed by atoms with van der Waals surface area (Å²) >= 11 is 2.92. The van der Waals surface area contributed by atoms with Crippen molar-refractivity contribution in [2.45, 2.75) is 0 Å². The highest BCUT2D eigenvalue weighted by atomic mass is 79.9. The number of hydrogen-bond donors (Lipinski definition) is 2. The summed E-state index contributed by atoms with van der Waals surface area (Å²) < 4.78 is 267. The van der Waals surface area contributed by atoms with Gasteiger partial charge in [-0.1, -0.05) is 173 Å². The highest BCUT2D eigenvalue weighted by Gasteiger charge is 2.14. The zero-order valence-electron chi connectivity index (χ0n) is 56.5. The molecular weight excluding hydrogens is 722 g/mol. The van der Waals surface area contributed by atoms with Gasteiger partial charge in [0.1, 0.15) is 11.6 Å². The molecule has 0 aliphatic rings. The maximum absolute atomic E-state index is 16.0. The van der Waals surface area contributed by atoms with Gasteiger partial charge in [0, 0.05) is 21.3 Å². The van der Waals surface area contributed by atoms with Crippen LogP contribution in [0.1, 0.15) is 41.1 Å². The zero-order chi connectivity index (χ0) is 62.9. The zero-order valence-corrected chi connectivity index (χ0v) is 28.1. The van der Waals surface area contributed by atoms with Crippen LogP contribution in [0.25, 0.3) is 44.5 Å². The second-order valence-corrected chi connectivity index (χ2v) is 10.7. The molecule has 0 saturated carbocycles. The van der Waals surface area contributed by atoms with E-state index in [1.54, 1.807) is 0 Å². The third kappa shape index (κ3) is 9.94. The number of halogens is 3. The van der Waals surface area contributed by atoms with E-state index in [0.29, 0.717) is 0 Å². The molecule has 8 rings (SSSR count). The van der Waals surface area contributed by atoms with Gasteiger partial charge < -0.3 is 11.1 Å². The van der Waals surface area contributed by atoms with Gasteiger partial charge in [-0.2, -0.15) is 0 Å². The summed E-state index contributed by atoms with van der Waals surface area (Å²) in [6.07, 6.45) is 0. The first-order valence-electron chi connectivity index (χ1n) is 29.7. The normalized spacial score (nSPS) is 18.2. The molecular formula is C48H37BrF2N2. The average molecular weight is 790 g/mol. The molecule has 0 spiro atoms. The van der Waals surface area contributed by atoms with Crippen molar-refractivity contribution in [1.82, 2.24) is 0 Å². The predicted molar refractivity (Wildman–Crippen MR) is 223 cm³/mol. The molecule has 8 aromatic rings. The molecule has 0 unspecified atom stereocenters. The molecule has 260 valence electrons. The molecule has 0 aliphatic heterocycles. The molecule has 0 atom stereocenters. The second kappa shape index (κ2) is 18.3. The molecule has 2 nitrogen and oxygen atoms in total. The summed E-state index contributed by atoms with van der Waals surface area (Å²) in [7, 11) is 0. The standard InChI is InChI=1S/C24H18FN.C18H14FN.C6H5Br/c25-23-17-20(18-10-4-1-5-11-18)16-22(19-12-6-2-7-13-19)24(23)26-21-14-8-3-9-15-21;19-17-12-15(13-7-3-1-4-8-13)11-16(18(17)20)14-9-5-2-6-10-14;7-6-4-2-1-3-5-6/h1-17,26H;1-12H,20H2;1-5H/i1D,2D,3D,4D,5D,6D,7D,8D,9D,10D,11D,12D,13D,14D,15D;1D,2D,3D,4D,5D,6D,7D,8D,9D,10D;1D,2D,3D,4D,5D. The minimum atomic E-state index is -1.23. The number of anilines is 3. The summed E-state index contributed by atoms with van der Waals surface area (Å²) in [5.41, 5.74) is 1.33. The molecule has 53 heavy (non-hydrogen) atoms. The van der Waals surface area contributed by atoms with Gasteiger partial charge in [-0.3, -0.25) is 0 Å². The third-order valence-electron chi connectivity index (χ3n) is 6.56. The summed E-state index contributed by atoms with van der Waals surface area (Å²) in [6.45, 7) is 0. The molecule has 5 heteroatoms. The number of nitrogens with two attached hydrogens (primary N) is 1. The molecule has 0 saturated heterocycles. The van der Waals surface area contributed by atoms with Crippen LogP contribution in [-0.2, 0) is 0 Å². The largest absolute Gasteiger partial charge is 0.396 e. The number of nitrogens with one attached hydrogen (secondary N) is 1. The molecule has 0 amide bonds. The first-order chi connectivity index (χ1) is 38.4. The number of hydrogen-bond acceptors (Lipinski definition) is 2. The highest BCUT2D eigenvalue weighted by molar-refractivity contribution is 9.10. The van der Waals surface area contributed by atoms with Crippen LogP contribution in [0.2, 0.25) is 0 Å². The Hall–Kier alpha value is -6.30. The Morgan fingerprint density at radius 3 is 1.25 bits per heavy atom. The first-order valence-corrected chi connectivity index (χ1v) is 15.5. The lowest BCUT2D eigenvalue weighted by atomic mass is 9.96. The SMILES string of the molecule is [2H]c1c([2H])c([2H])c(-c2cc(F)c(N)c(-c3c([2H])c([2H])c([2H])c([2H])c3[2H])c2)c([2H])c1[2H].[2H]c1c([2H])c([2H])c(Br)c([2H])c1[2H].[2H]c1c([2H])c([2H])c(Nc2c(F)cc(-c3c([2H])c([2H])c([2H])c([2H])c3[2H])cc2-c2c([2H])c([2H])c([2H])c([2H])c2[2H])c([2H])c1[2H]. The fourth-order valence-corrected chi connectivity index (χ4v) is 4.47. The van der Waals surface area contributed by atoms with Crippen molar-refractivity contribution < 1.29 is 49.9 Å². The fourth-order valence-electron chi connectivity index (χ4n) is 4.27. The predicted octanol–water partition coefficient (Wildman–Crippen LogP) is 14.1. The maximum Gasteiger partial charge on any atom is 0.147 e. The van der Waals surface area contributed by atoms with Crippen molar-refractivity contribution in [2.24, 2.45) is 0 Å². The van der Waals surface area contributed by atoms with Gasteiger partial charge in [0.2, 0.25) is 0 Å². The van der Waals surface area contributed by atoms with Crippen LogP contribution < -0.4 is 11.1 Å². The van der Waals surface area contributed by atoms with E-state index in [1.807, 2.05) is 0 Å². The minimum absolute atomic E-state index is 0.105. The maximum atomic E-state index is 16.0. The molecule has 0 aliphatic carbocycles. The van der Waals surface area contributed by atoms with Crippen LogP contribution in [0.5, 0.6) is 0 Å². The van der Waals surface area contributed by atoms with Gasteiger partial charge in [-0.15, -0.1) is 0 Å². The Kier molecular flexibility index (Phi) is 5.04. The Morgan fingerprint density at radius 2 is 0.774 bits per heavy atom. The van der Waals surface area contributed by atoms with Crippen LogP contribution in [0, 0.1) is 11.6 Å². The van der Waals surface area contributed by atoms with E-state index < -0.39 is 196 Å². The lowest BCUT2D eigenvalue weighted by Gasteiger charge is -2.16. The van der Waals surface area contributed by atoms with Crippen LogP contribution in [0.3, 0.4) is 0 Å². The third-order valence-corrected chi connectivity index (χ3v) is 6.95.